The van der Waals surface area contributed by atoms with Crippen LogP contribution in [0, 0.1) is 5.82 Å². The summed E-state index contributed by atoms with van der Waals surface area (Å²) in [6, 6.07) is 17.7. The molecule has 4 aromatic rings. The van der Waals surface area contributed by atoms with Crippen molar-refractivity contribution in [2.24, 2.45) is 0 Å². The predicted octanol–water partition coefficient (Wildman–Crippen LogP) is 4.80. The van der Waals surface area contributed by atoms with Gasteiger partial charge in [0.2, 0.25) is 5.91 Å². The monoisotopic (exact) mass is 392 g/mol. The Morgan fingerprint density at radius 2 is 1.83 bits per heavy atom. The molecule has 6 heteroatoms. The number of fused-ring (bicyclic) bond motifs is 3. The molecule has 1 N–H and O–H groups in total. The number of amides is 1. The van der Waals surface area contributed by atoms with E-state index in [4.69, 9.17) is 9.15 Å². The molecule has 29 heavy (non-hydrogen) atoms. The fourth-order valence-electron chi connectivity index (χ4n) is 3.41. The Balaban J connectivity index is 1.50. The van der Waals surface area contributed by atoms with Crippen LogP contribution >= 0.6 is 0 Å². The van der Waals surface area contributed by atoms with Crippen molar-refractivity contribution in [1.29, 1.82) is 0 Å². The minimum atomic E-state index is -0.276. The van der Waals surface area contributed by atoms with Gasteiger partial charge in [-0.15, -0.1) is 0 Å². The van der Waals surface area contributed by atoms with Gasteiger partial charge in [-0.3, -0.25) is 9.69 Å². The molecule has 4 rings (SSSR count). The summed E-state index contributed by atoms with van der Waals surface area (Å²) in [5.74, 6) is 0.115. The van der Waals surface area contributed by atoms with Crippen molar-refractivity contribution in [2.45, 2.75) is 6.54 Å². The van der Waals surface area contributed by atoms with Gasteiger partial charge >= 0.3 is 0 Å². The summed E-state index contributed by atoms with van der Waals surface area (Å²) in [5, 5.41) is 4.83. The van der Waals surface area contributed by atoms with E-state index in [-0.39, 0.29) is 18.3 Å². The minimum Gasteiger partial charge on any atom is -0.495 e. The number of hydrogen-bond donors (Lipinski definition) is 1. The van der Waals surface area contributed by atoms with E-state index in [1.54, 1.807) is 25.3 Å². The lowest BCUT2D eigenvalue weighted by Crippen LogP contribution is -2.29. The number of ether oxygens (including phenoxy) is 1. The van der Waals surface area contributed by atoms with Crippen molar-refractivity contribution in [3.05, 3.63) is 72.0 Å². The van der Waals surface area contributed by atoms with E-state index in [9.17, 15) is 9.18 Å². The van der Waals surface area contributed by atoms with E-state index in [1.807, 2.05) is 42.3 Å². The van der Waals surface area contributed by atoms with Crippen LogP contribution in [-0.2, 0) is 11.3 Å². The number of anilines is 1. The van der Waals surface area contributed by atoms with Gasteiger partial charge in [0.1, 0.15) is 22.7 Å². The molecule has 1 aromatic heterocycles. The number of carbonyl (C=O) groups excluding carboxylic acids is 1. The summed E-state index contributed by atoms with van der Waals surface area (Å²) >= 11 is 0. The van der Waals surface area contributed by atoms with E-state index < -0.39 is 0 Å². The second kappa shape index (κ2) is 7.93. The third-order valence-corrected chi connectivity index (χ3v) is 4.75. The molecule has 0 saturated heterocycles. The molecule has 0 aliphatic carbocycles. The normalized spacial score (nSPS) is 11.3. The molecule has 5 nitrogen and oxygen atoms in total. The summed E-state index contributed by atoms with van der Waals surface area (Å²) in [4.78, 5) is 14.4. The maximum Gasteiger partial charge on any atom is 0.238 e. The number of para-hydroxylation sites is 1. The average molecular weight is 392 g/mol. The van der Waals surface area contributed by atoms with Crippen LogP contribution in [-0.4, -0.2) is 31.5 Å². The summed E-state index contributed by atoms with van der Waals surface area (Å²) in [6.07, 6.45) is 0. The SMILES string of the molecule is COc1cc2c(cc1NC(=O)CN(C)Cc1ccc(F)cc1)oc1ccccc12. The van der Waals surface area contributed by atoms with Crippen LogP contribution in [0.1, 0.15) is 5.56 Å². The van der Waals surface area contributed by atoms with Gasteiger partial charge in [-0.1, -0.05) is 30.3 Å². The number of likely N-dealkylation sites (N-methyl/N-ethyl adjacent to an activating group) is 1. The highest BCUT2D eigenvalue weighted by Crippen LogP contribution is 2.36. The lowest BCUT2D eigenvalue weighted by atomic mass is 10.1. The fraction of sp³-hybridized carbons (Fsp3) is 0.174. The van der Waals surface area contributed by atoms with Gasteiger partial charge in [-0.25, -0.2) is 4.39 Å². The van der Waals surface area contributed by atoms with Crippen LogP contribution in [0.4, 0.5) is 10.1 Å². The van der Waals surface area contributed by atoms with E-state index in [0.717, 1.165) is 21.9 Å². The first-order chi connectivity index (χ1) is 14.0. The number of rotatable bonds is 6. The lowest BCUT2D eigenvalue weighted by Gasteiger charge is -2.17. The Kier molecular flexibility index (Phi) is 5.18. The first-order valence-corrected chi connectivity index (χ1v) is 9.25. The van der Waals surface area contributed by atoms with Crippen molar-refractivity contribution < 1.29 is 18.3 Å². The predicted molar refractivity (Wildman–Crippen MR) is 112 cm³/mol. The zero-order valence-electron chi connectivity index (χ0n) is 16.2. The Morgan fingerprint density at radius 1 is 1.07 bits per heavy atom. The number of furan rings is 1. The van der Waals surface area contributed by atoms with Crippen molar-refractivity contribution in [3.8, 4) is 5.75 Å². The average Bonchev–Trinajstić information content (AvgIpc) is 3.06. The van der Waals surface area contributed by atoms with Crippen LogP contribution in [0.2, 0.25) is 0 Å². The maximum atomic E-state index is 13.0. The number of nitrogens with one attached hydrogen (secondary N) is 1. The number of benzene rings is 3. The first-order valence-electron chi connectivity index (χ1n) is 9.25. The molecule has 0 saturated carbocycles. The van der Waals surface area contributed by atoms with Gasteiger partial charge in [0, 0.05) is 23.4 Å². The van der Waals surface area contributed by atoms with Gasteiger partial charge in [0.25, 0.3) is 0 Å². The molecule has 1 heterocycles. The van der Waals surface area contributed by atoms with Gasteiger partial charge in [-0.2, -0.15) is 0 Å². The zero-order chi connectivity index (χ0) is 20.4. The minimum absolute atomic E-state index is 0.177. The molecule has 0 bridgehead atoms. The molecule has 0 unspecified atom stereocenters. The number of halogens is 1. The maximum absolute atomic E-state index is 13.0. The second-order valence-electron chi connectivity index (χ2n) is 6.99. The van der Waals surface area contributed by atoms with Crippen LogP contribution in [0.25, 0.3) is 21.9 Å². The second-order valence-corrected chi connectivity index (χ2v) is 6.99. The largest absolute Gasteiger partial charge is 0.495 e. The molecule has 3 aromatic carbocycles. The molecule has 0 aliphatic heterocycles. The highest BCUT2D eigenvalue weighted by Gasteiger charge is 2.15. The molecular formula is C23H21FN2O3. The Hall–Kier alpha value is -3.38. The van der Waals surface area contributed by atoms with Crippen LogP contribution in [0.5, 0.6) is 5.75 Å². The quantitative estimate of drug-likeness (QED) is 0.512. The number of methoxy groups -OCH3 is 1. The van der Waals surface area contributed by atoms with Gasteiger partial charge in [0.05, 0.1) is 19.3 Å². The summed E-state index contributed by atoms with van der Waals surface area (Å²) in [7, 11) is 3.41. The molecule has 0 aliphatic rings. The van der Waals surface area contributed by atoms with E-state index in [0.29, 0.717) is 23.6 Å². The highest BCUT2D eigenvalue weighted by molar-refractivity contribution is 6.07. The van der Waals surface area contributed by atoms with Crippen LogP contribution in [0.15, 0.2) is 65.1 Å². The molecular weight excluding hydrogens is 371 g/mol. The molecule has 0 fully saturated rings. The highest BCUT2D eigenvalue weighted by atomic mass is 19.1. The number of carbonyl (C=O) groups is 1. The molecule has 0 radical (unpaired) electrons. The lowest BCUT2D eigenvalue weighted by molar-refractivity contribution is -0.117. The topological polar surface area (TPSA) is 54.7 Å². The van der Waals surface area contributed by atoms with Crippen LogP contribution < -0.4 is 10.1 Å². The Morgan fingerprint density at radius 3 is 2.59 bits per heavy atom. The van der Waals surface area contributed by atoms with Crippen LogP contribution in [0.3, 0.4) is 0 Å². The molecule has 0 atom stereocenters. The third-order valence-electron chi connectivity index (χ3n) is 4.75. The van der Waals surface area contributed by atoms with Gasteiger partial charge in [0.15, 0.2) is 0 Å². The molecule has 148 valence electrons. The van der Waals surface area contributed by atoms with E-state index in [2.05, 4.69) is 5.32 Å². The molecule has 0 spiro atoms. The standard InChI is InChI=1S/C23H21FN2O3/c1-26(13-15-7-9-16(24)10-8-15)14-23(27)25-19-12-21-18(11-22(19)28-2)17-5-3-4-6-20(17)29-21/h3-12H,13-14H2,1-2H3,(H,25,27). The smallest absolute Gasteiger partial charge is 0.238 e. The zero-order valence-corrected chi connectivity index (χ0v) is 16.2. The van der Waals surface area contributed by atoms with E-state index in [1.165, 1.54) is 12.1 Å². The van der Waals surface area contributed by atoms with Crippen molar-refractivity contribution in [2.75, 3.05) is 26.0 Å². The van der Waals surface area contributed by atoms with Gasteiger partial charge in [-0.05, 0) is 36.9 Å². The van der Waals surface area contributed by atoms with Crippen molar-refractivity contribution in [1.82, 2.24) is 4.90 Å². The Labute approximate surface area is 167 Å². The fourth-order valence-corrected chi connectivity index (χ4v) is 3.41. The first kappa shape index (κ1) is 19.0. The van der Waals surface area contributed by atoms with Gasteiger partial charge < -0.3 is 14.5 Å². The van der Waals surface area contributed by atoms with Crippen molar-refractivity contribution in [3.63, 3.8) is 0 Å². The number of nitrogens with zero attached hydrogens (tertiary/aromatic N) is 1. The van der Waals surface area contributed by atoms with Crippen molar-refractivity contribution >= 4 is 33.5 Å². The third kappa shape index (κ3) is 4.07. The number of hydrogen-bond acceptors (Lipinski definition) is 4. The molecule has 1 amide bonds. The summed E-state index contributed by atoms with van der Waals surface area (Å²) in [5.41, 5.74) is 2.95. The summed E-state index contributed by atoms with van der Waals surface area (Å²) in [6.45, 7) is 0.714. The van der Waals surface area contributed by atoms with E-state index >= 15 is 0 Å². The Bertz CT molecular complexity index is 1170. The summed E-state index contributed by atoms with van der Waals surface area (Å²) < 4.78 is 24.4.